The molecule has 0 saturated carbocycles. The number of ether oxygens (including phenoxy) is 1. The summed E-state index contributed by atoms with van der Waals surface area (Å²) in [4.78, 5) is 34.4. The number of primary amides is 1. The third kappa shape index (κ3) is 5.07. The van der Waals surface area contributed by atoms with Gasteiger partial charge in [0.05, 0.1) is 11.1 Å². The Morgan fingerprint density at radius 3 is 1.96 bits per heavy atom. The lowest BCUT2D eigenvalue weighted by Crippen LogP contribution is -2.21. The fourth-order valence-corrected chi connectivity index (χ4v) is 1.92. The number of hydrogen-bond donors (Lipinski definition) is 2. The number of nitrogens with one attached hydrogen (secondary N) is 1. The number of alkyl halides is 3. The third-order valence-corrected chi connectivity index (χ3v) is 3.24. The summed E-state index contributed by atoms with van der Waals surface area (Å²) in [6, 6.07) is 9.12. The van der Waals surface area contributed by atoms with Gasteiger partial charge in [0, 0.05) is 11.3 Å². The molecule has 0 unspecified atom stereocenters. The van der Waals surface area contributed by atoms with Crippen LogP contribution in [0.2, 0.25) is 0 Å². The molecule has 2 aromatic carbocycles. The lowest BCUT2D eigenvalue weighted by atomic mass is 10.1. The molecule has 0 aromatic heterocycles. The number of halogens is 3. The fraction of sp³-hybridized carbons (Fsp3) is 0.118. The highest BCUT2D eigenvalue weighted by atomic mass is 19.4. The van der Waals surface area contributed by atoms with Crippen molar-refractivity contribution < 1.29 is 32.3 Å². The first kappa shape index (κ1) is 19.0. The molecule has 0 radical (unpaired) electrons. The first-order chi connectivity index (χ1) is 12.2. The van der Waals surface area contributed by atoms with Crippen LogP contribution in [0.25, 0.3) is 0 Å². The van der Waals surface area contributed by atoms with Crippen LogP contribution in [0.1, 0.15) is 26.3 Å². The SMILES string of the molecule is NC(=O)c1ccc(C(=O)OCC(=O)Nc2ccc(C(F)(F)F)cc2)cc1. The maximum atomic E-state index is 12.5. The van der Waals surface area contributed by atoms with E-state index in [1.807, 2.05) is 0 Å². The number of rotatable bonds is 5. The van der Waals surface area contributed by atoms with Crippen LogP contribution in [0.3, 0.4) is 0 Å². The van der Waals surface area contributed by atoms with Gasteiger partial charge < -0.3 is 15.8 Å². The Hall–Kier alpha value is -3.36. The third-order valence-electron chi connectivity index (χ3n) is 3.24. The summed E-state index contributed by atoms with van der Waals surface area (Å²) in [6.45, 7) is -0.628. The van der Waals surface area contributed by atoms with Crippen molar-refractivity contribution in [2.24, 2.45) is 5.73 Å². The van der Waals surface area contributed by atoms with Crippen LogP contribution in [0, 0.1) is 0 Å². The number of amides is 2. The van der Waals surface area contributed by atoms with Crippen LogP contribution >= 0.6 is 0 Å². The summed E-state index contributed by atoms with van der Waals surface area (Å²) in [5, 5.41) is 2.31. The van der Waals surface area contributed by atoms with E-state index in [4.69, 9.17) is 10.5 Å². The molecule has 0 spiro atoms. The normalized spacial score (nSPS) is 10.9. The number of benzene rings is 2. The summed E-state index contributed by atoms with van der Waals surface area (Å²) < 4.78 is 42.1. The summed E-state index contributed by atoms with van der Waals surface area (Å²) in [6.07, 6.45) is -4.47. The first-order valence-electron chi connectivity index (χ1n) is 7.21. The monoisotopic (exact) mass is 366 g/mol. The minimum absolute atomic E-state index is 0.109. The molecule has 2 rings (SSSR count). The van der Waals surface area contributed by atoms with E-state index in [-0.39, 0.29) is 16.8 Å². The Morgan fingerprint density at radius 1 is 0.923 bits per heavy atom. The van der Waals surface area contributed by atoms with Crippen molar-refractivity contribution in [1.29, 1.82) is 0 Å². The number of esters is 1. The highest BCUT2D eigenvalue weighted by molar-refractivity contribution is 5.97. The average molecular weight is 366 g/mol. The highest BCUT2D eigenvalue weighted by Crippen LogP contribution is 2.29. The standard InChI is InChI=1S/C17H13F3N2O4/c18-17(19,20)12-5-7-13(8-6-12)22-14(23)9-26-16(25)11-3-1-10(2-4-11)15(21)24/h1-8H,9H2,(H2,21,24)(H,22,23). The van der Waals surface area contributed by atoms with Gasteiger partial charge in [0.1, 0.15) is 0 Å². The zero-order chi connectivity index (χ0) is 19.3. The molecule has 3 N–H and O–H groups in total. The molecule has 2 amide bonds. The first-order valence-corrected chi connectivity index (χ1v) is 7.21. The van der Waals surface area contributed by atoms with Crippen molar-refractivity contribution in [1.82, 2.24) is 0 Å². The minimum atomic E-state index is -4.47. The van der Waals surface area contributed by atoms with Crippen molar-refractivity contribution in [3.63, 3.8) is 0 Å². The maximum Gasteiger partial charge on any atom is 0.416 e. The van der Waals surface area contributed by atoms with Gasteiger partial charge in [-0.3, -0.25) is 9.59 Å². The van der Waals surface area contributed by atoms with Crippen molar-refractivity contribution >= 4 is 23.5 Å². The van der Waals surface area contributed by atoms with Crippen LogP contribution in [0.5, 0.6) is 0 Å². The Bertz CT molecular complexity index is 815. The average Bonchev–Trinajstić information content (AvgIpc) is 2.59. The van der Waals surface area contributed by atoms with Crippen LogP contribution < -0.4 is 11.1 Å². The second-order valence-corrected chi connectivity index (χ2v) is 5.14. The molecule has 0 saturated heterocycles. The van der Waals surface area contributed by atoms with Gasteiger partial charge in [-0.25, -0.2) is 4.79 Å². The Labute approximate surface area is 145 Å². The second-order valence-electron chi connectivity index (χ2n) is 5.14. The molecule has 0 aliphatic carbocycles. The van der Waals surface area contributed by atoms with Gasteiger partial charge in [-0.15, -0.1) is 0 Å². The number of carbonyl (C=O) groups is 3. The number of carbonyl (C=O) groups excluding carboxylic acids is 3. The molecule has 0 heterocycles. The van der Waals surface area contributed by atoms with Gasteiger partial charge in [0.25, 0.3) is 5.91 Å². The van der Waals surface area contributed by atoms with E-state index in [0.29, 0.717) is 0 Å². The molecule has 0 atom stereocenters. The van der Waals surface area contributed by atoms with E-state index in [1.165, 1.54) is 24.3 Å². The summed E-state index contributed by atoms with van der Waals surface area (Å²) in [5.41, 5.74) is 4.68. The minimum Gasteiger partial charge on any atom is -0.452 e. The Balaban J connectivity index is 1.88. The van der Waals surface area contributed by atoms with E-state index < -0.39 is 36.1 Å². The van der Waals surface area contributed by atoms with Crippen molar-refractivity contribution in [3.8, 4) is 0 Å². The van der Waals surface area contributed by atoms with Gasteiger partial charge >= 0.3 is 12.1 Å². The smallest absolute Gasteiger partial charge is 0.416 e. The van der Waals surface area contributed by atoms with Crippen LogP contribution in [0.4, 0.5) is 18.9 Å². The van der Waals surface area contributed by atoms with Gasteiger partial charge in [-0.2, -0.15) is 13.2 Å². The Kier molecular flexibility index (Phi) is 5.61. The predicted octanol–water partition coefficient (Wildman–Crippen LogP) is 2.60. The van der Waals surface area contributed by atoms with Gasteiger partial charge in [-0.1, -0.05) is 0 Å². The molecule has 9 heteroatoms. The highest BCUT2D eigenvalue weighted by Gasteiger charge is 2.30. The van der Waals surface area contributed by atoms with E-state index in [0.717, 1.165) is 24.3 Å². The van der Waals surface area contributed by atoms with Crippen LogP contribution in [-0.4, -0.2) is 24.4 Å². The molecule has 0 aliphatic rings. The van der Waals surface area contributed by atoms with Crippen molar-refractivity contribution in [2.45, 2.75) is 6.18 Å². The zero-order valence-corrected chi connectivity index (χ0v) is 13.2. The quantitative estimate of drug-likeness (QED) is 0.795. The molecule has 0 bridgehead atoms. The van der Waals surface area contributed by atoms with E-state index in [2.05, 4.69) is 5.32 Å². The Morgan fingerprint density at radius 2 is 1.46 bits per heavy atom. The summed E-state index contributed by atoms with van der Waals surface area (Å²) in [7, 11) is 0. The van der Waals surface area contributed by atoms with E-state index >= 15 is 0 Å². The van der Waals surface area contributed by atoms with Crippen molar-refractivity contribution in [3.05, 3.63) is 65.2 Å². The summed E-state index contributed by atoms with van der Waals surface area (Å²) in [5.74, 6) is -2.17. The number of anilines is 1. The fourth-order valence-electron chi connectivity index (χ4n) is 1.92. The number of hydrogen-bond acceptors (Lipinski definition) is 4. The lowest BCUT2D eigenvalue weighted by molar-refractivity contribution is -0.137. The number of nitrogens with two attached hydrogens (primary N) is 1. The molecule has 2 aromatic rings. The molecule has 136 valence electrons. The zero-order valence-electron chi connectivity index (χ0n) is 13.2. The van der Waals surface area contributed by atoms with Gasteiger partial charge in [0.2, 0.25) is 5.91 Å². The van der Waals surface area contributed by atoms with E-state index in [9.17, 15) is 27.6 Å². The molecule has 26 heavy (non-hydrogen) atoms. The molecule has 0 fully saturated rings. The topological polar surface area (TPSA) is 98.5 Å². The van der Waals surface area contributed by atoms with Gasteiger partial charge in [-0.05, 0) is 48.5 Å². The maximum absolute atomic E-state index is 12.5. The van der Waals surface area contributed by atoms with Crippen LogP contribution in [0.15, 0.2) is 48.5 Å². The van der Waals surface area contributed by atoms with Crippen molar-refractivity contribution in [2.75, 3.05) is 11.9 Å². The predicted molar refractivity (Wildman–Crippen MR) is 85.3 cm³/mol. The largest absolute Gasteiger partial charge is 0.452 e. The lowest BCUT2D eigenvalue weighted by Gasteiger charge is -2.09. The molecular formula is C17H13F3N2O4. The molecule has 0 aliphatic heterocycles. The summed E-state index contributed by atoms with van der Waals surface area (Å²) >= 11 is 0. The second kappa shape index (κ2) is 7.68. The molecule has 6 nitrogen and oxygen atoms in total. The van der Waals surface area contributed by atoms with Crippen LogP contribution in [-0.2, 0) is 15.7 Å². The molecular weight excluding hydrogens is 353 g/mol. The van der Waals surface area contributed by atoms with E-state index in [1.54, 1.807) is 0 Å². The van der Waals surface area contributed by atoms with Gasteiger partial charge in [0.15, 0.2) is 6.61 Å².